The second-order valence-corrected chi connectivity index (χ2v) is 7.57. The van der Waals surface area contributed by atoms with Crippen molar-refractivity contribution in [2.45, 2.75) is 70.9 Å². The van der Waals surface area contributed by atoms with E-state index in [1.165, 1.54) is 44.9 Å². The maximum absolute atomic E-state index is 6.00. The summed E-state index contributed by atoms with van der Waals surface area (Å²) in [4.78, 5) is 6.88. The highest BCUT2D eigenvalue weighted by Gasteiger charge is 2.35. The van der Waals surface area contributed by atoms with E-state index in [1.807, 2.05) is 13.8 Å². The number of likely N-dealkylation sites (tertiary alicyclic amines) is 1. The zero-order valence-electron chi connectivity index (χ0n) is 13.8. The molecular formula is C16H29ClN4O. The molecule has 2 N–H and O–H groups in total. The van der Waals surface area contributed by atoms with Gasteiger partial charge in [-0.25, -0.2) is 0 Å². The van der Waals surface area contributed by atoms with Gasteiger partial charge in [-0.1, -0.05) is 24.4 Å². The van der Waals surface area contributed by atoms with E-state index in [1.54, 1.807) is 0 Å². The van der Waals surface area contributed by atoms with Gasteiger partial charge < -0.3 is 10.3 Å². The van der Waals surface area contributed by atoms with Gasteiger partial charge in [0, 0.05) is 0 Å². The average Bonchev–Trinajstić information content (AvgIpc) is 2.91. The van der Waals surface area contributed by atoms with Crippen molar-refractivity contribution in [1.82, 2.24) is 15.0 Å². The highest BCUT2D eigenvalue weighted by atomic mass is 35.5. The molecule has 2 fully saturated rings. The highest BCUT2D eigenvalue weighted by molar-refractivity contribution is 5.85. The van der Waals surface area contributed by atoms with Gasteiger partial charge in [-0.15, -0.1) is 12.4 Å². The third-order valence-corrected chi connectivity index (χ3v) is 5.23. The number of nitrogens with two attached hydrogens (primary N) is 1. The van der Waals surface area contributed by atoms with E-state index in [0.717, 1.165) is 19.6 Å². The fourth-order valence-corrected chi connectivity index (χ4v) is 3.76. The Balaban J connectivity index is 0.00000176. The van der Waals surface area contributed by atoms with E-state index in [4.69, 9.17) is 10.3 Å². The Bertz CT molecular complexity index is 467. The maximum atomic E-state index is 6.00. The van der Waals surface area contributed by atoms with Crippen molar-refractivity contribution in [3.63, 3.8) is 0 Å². The first-order valence-corrected chi connectivity index (χ1v) is 8.31. The number of nitrogens with zero attached hydrogens (tertiary/aromatic N) is 3. The van der Waals surface area contributed by atoms with Crippen molar-refractivity contribution < 1.29 is 4.52 Å². The average molecular weight is 329 g/mol. The van der Waals surface area contributed by atoms with E-state index in [-0.39, 0.29) is 12.4 Å². The molecule has 0 amide bonds. The lowest BCUT2D eigenvalue weighted by molar-refractivity contribution is 0.0589. The fourth-order valence-electron chi connectivity index (χ4n) is 3.76. The van der Waals surface area contributed by atoms with Crippen LogP contribution in [0.15, 0.2) is 4.52 Å². The van der Waals surface area contributed by atoms with Crippen LogP contribution in [0, 0.1) is 5.41 Å². The van der Waals surface area contributed by atoms with Crippen LogP contribution in [0.4, 0.5) is 0 Å². The van der Waals surface area contributed by atoms with Crippen LogP contribution in [0.1, 0.15) is 70.5 Å². The molecule has 0 radical (unpaired) electrons. The first-order valence-electron chi connectivity index (χ1n) is 8.31. The Hall–Kier alpha value is -0.650. The Labute approximate surface area is 139 Å². The minimum absolute atomic E-state index is 0. The van der Waals surface area contributed by atoms with Gasteiger partial charge in [-0.2, -0.15) is 4.98 Å². The summed E-state index contributed by atoms with van der Waals surface area (Å²) < 4.78 is 5.35. The molecule has 2 aliphatic rings. The molecule has 1 saturated heterocycles. The monoisotopic (exact) mass is 328 g/mol. The van der Waals surface area contributed by atoms with Crippen LogP contribution in [-0.2, 0) is 12.1 Å². The van der Waals surface area contributed by atoms with Crippen LogP contribution in [-0.4, -0.2) is 28.1 Å². The van der Waals surface area contributed by atoms with Crippen LogP contribution < -0.4 is 5.73 Å². The molecule has 1 saturated carbocycles. The molecular weight excluding hydrogens is 300 g/mol. The van der Waals surface area contributed by atoms with E-state index in [9.17, 15) is 0 Å². The van der Waals surface area contributed by atoms with Crippen molar-refractivity contribution in [2.75, 3.05) is 13.1 Å². The predicted octanol–water partition coefficient (Wildman–Crippen LogP) is 3.23. The first-order chi connectivity index (χ1) is 9.97. The quantitative estimate of drug-likeness (QED) is 0.922. The summed E-state index contributed by atoms with van der Waals surface area (Å²) in [6.07, 6.45) is 9.83. The molecule has 0 aromatic carbocycles. The van der Waals surface area contributed by atoms with E-state index in [2.05, 4.69) is 15.0 Å². The van der Waals surface area contributed by atoms with Gasteiger partial charge in [0.2, 0.25) is 5.89 Å². The van der Waals surface area contributed by atoms with Crippen molar-refractivity contribution in [3.8, 4) is 0 Å². The zero-order valence-corrected chi connectivity index (χ0v) is 14.6. The lowest BCUT2D eigenvalue weighted by Gasteiger charge is -2.44. The molecule has 1 aliphatic carbocycles. The molecule has 126 valence electrons. The highest BCUT2D eigenvalue weighted by Crippen LogP contribution is 2.44. The van der Waals surface area contributed by atoms with Crippen molar-refractivity contribution in [3.05, 3.63) is 11.7 Å². The normalized spacial score (nSPS) is 22.5. The second-order valence-electron chi connectivity index (χ2n) is 7.57. The summed E-state index contributed by atoms with van der Waals surface area (Å²) in [6, 6.07) is 0. The standard InChI is InChI=1S/C16H28N4O.ClH/c1-15(2,17)14-18-13(21-19-14)12-20-10-8-16(9-11-20)6-4-3-5-7-16;/h3-12,17H2,1-2H3;1H. The molecule has 2 heterocycles. The molecule has 0 bridgehead atoms. The van der Waals surface area contributed by atoms with E-state index in [0.29, 0.717) is 17.1 Å². The summed E-state index contributed by atoms with van der Waals surface area (Å²) in [5, 5.41) is 4.00. The number of rotatable bonds is 3. The summed E-state index contributed by atoms with van der Waals surface area (Å²) in [5.74, 6) is 1.29. The lowest BCUT2D eigenvalue weighted by Crippen LogP contribution is -2.40. The minimum Gasteiger partial charge on any atom is -0.338 e. The lowest BCUT2D eigenvalue weighted by atomic mass is 9.68. The van der Waals surface area contributed by atoms with Gasteiger partial charge in [0.1, 0.15) is 0 Å². The van der Waals surface area contributed by atoms with Gasteiger partial charge in [-0.3, -0.25) is 4.90 Å². The zero-order chi connectivity index (χ0) is 14.9. The van der Waals surface area contributed by atoms with Crippen LogP contribution in [0.25, 0.3) is 0 Å². The molecule has 5 nitrogen and oxygen atoms in total. The molecule has 22 heavy (non-hydrogen) atoms. The fraction of sp³-hybridized carbons (Fsp3) is 0.875. The predicted molar refractivity (Wildman–Crippen MR) is 88.8 cm³/mol. The molecule has 1 spiro atoms. The Kier molecular flexibility index (Phi) is 5.51. The SMILES string of the molecule is CC(C)(N)c1noc(CN2CCC3(CCCCC3)CC2)n1.Cl. The van der Waals surface area contributed by atoms with Crippen LogP contribution in [0.3, 0.4) is 0 Å². The third kappa shape index (κ3) is 4.00. The minimum atomic E-state index is -0.532. The number of aromatic nitrogens is 2. The number of halogens is 1. The molecule has 1 aromatic rings. The van der Waals surface area contributed by atoms with Gasteiger partial charge in [0.15, 0.2) is 5.82 Å². The smallest absolute Gasteiger partial charge is 0.240 e. The van der Waals surface area contributed by atoms with Crippen LogP contribution >= 0.6 is 12.4 Å². The number of hydrogen-bond donors (Lipinski definition) is 1. The molecule has 3 rings (SSSR count). The third-order valence-electron chi connectivity index (χ3n) is 5.23. The number of hydrogen-bond acceptors (Lipinski definition) is 5. The molecule has 0 unspecified atom stereocenters. The summed E-state index contributed by atoms with van der Waals surface area (Å²) in [7, 11) is 0. The van der Waals surface area contributed by atoms with E-state index < -0.39 is 5.54 Å². The van der Waals surface area contributed by atoms with Gasteiger partial charge in [0.05, 0.1) is 12.1 Å². The van der Waals surface area contributed by atoms with Gasteiger partial charge in [0.25, 0.3) is 0 Å². The molecule has 1 aliphatic heterocycles. The Morgan fingerprint density at radius 3 is 2.32 bits per heavy atom. The van der Waals surface area contributed by atoms with Crippen LogP contribution in [0.5, 0.6) is 0 Å². The van der Waals surface area contributed by atoms with E-state index >= 15 is 0 Å². The molecule has 6 heteroatoms. The summed E-state index contributed by atoms with van der Waals surface area (Å²) in [6.45, 7) is 6.87. The second kappa shape index (κ2) is 6.85. The first kappa shape index (κ1) is 17.7. The van der Waals surface area contributed by atoms with Crippen LogP contribution in [0.2, 0.25) is 0 Å². The maximum Gasteiger partial charge on any atom is 0.240 e. The summed E-state index contributed by atoms with van der Waals surface area (Å²) in [5.41, 5.74) is 6.11. The molecule has 1 aromatic heterocycles. The van der Waals surface area contributed by atoms with Crippen molar-refractivity contribution in [1.29, 1.82) is 0 Å². The number of piperidine rings is 1. The Morgan fingerprint density at radius 1 is 1.14 bits per heavy atom. The van der Waals surface area contributed by atoms with Crippen molar-refractivity contribution in [2.24, 2.45) is 11.1 Å². The van der Waals surface area contributed by atoms with Gasteiger partial charge >= 0.3 is 0 Å². The van der Waals surface area contributed by atoms with Crippen molar-refractivity contribution >= 4 is 12.4 Å². The Morgan fingerprint density at radius 2 is 1.77 bits per heavy atom. The topological polar surface area (TPSA) is 68.2 Å². The largest absolute Gasteiger partial charge is 0.338 e. The van der Waals surface area contributed by atoms with Gasteiger partial charge in [-0.05, 0) is 58.0 Å². The summed E-state index contributed by atoms with van der Waals surface area (Å²) >= 11 is 0. The molecule has 0 atom stereocenters.